The molecule has 122 valence electrons. The third kappa shape index (κ3) is 3.75. The highest BCUT2D eigenvalue weighted by molar-refractivity contribution is 6.81. The molecule has 3 aromatic carbocycles. The molecular formula is C19H16Cl2O2Si. The molecule has 24 heavy (non-hydrogen) atoms. The second-order valence-corrected chi connectivity index (χ2v) is 9.07. The molecule has 0 aliphatic rings. The number of rotatable bonds is 5. The van der Waals surface area contributed by atoms with E-state index in [9.17, 15) is 0 Å². The first kappa shape index (κ1) is 16.9. The maximum atomic E-state index is 6.30. The van der Waals surface area contributed by atoms with Crippen molar-refractivity contribution in [1.82, 2.24) is 0 Å². The van der Waals surface area contributed by atoms with E-state index in [1.165, 1.54) is 0 Å². The molecule has 0 bridgehead atoms. The monoisotopic (exact) mass is 374 g/mol. The minimum Gasteiger partial charge on any atom is -0.508 e. The van der Waals surface area contributed by atoms with Gasteiger partial charge in [0.1, 0.15) is 11.5 Å². The second-order valence-electron chi connectivity index (χ2n) is 5.38. The Kier molecular flexibility index (Phi) is 5.14. The summed E-state index contributed by atoms with van der Waals surface area (Å²) >= 11 is 12.5. The van der Waals surface area contributed by atoms with Crippen LogP contribution in [-0.4, -0.2) is 8.56 Å². The Morgan fingerprint density at radius 3 is 1.50 bits per heavy atom. The summed E-state index contributed by atoms with van der Waals surface area (Å²) in [4.78, 5) is 0. The smallest absolute Gasteiger partial charge is 0.492 e. The van der Waals surface area contributed by atoms with Crippen LogP contribution in [0.1, 0.15) is 0 Å². The zero-order chi connectivity index (χ0) is 17.0. The van der Waals surface area contributed by atoms with Crippen molar-refractivity contribution < 1.29 is 8.85 Å². The van der Waals surface area contributed by atoms with Crippen molar-refractivity contribution in [3.8, 4) is 11.5 Å². The Morgan fingerprint density at radius 1 is 0.625 bits per heavy atom. The van der Waals surface area contributed by atoms with Crippen LogP contribution in [0.5, 0.6) is 11.5 Å². The van der Waals surface area contributed by atoms with E-state index >= 15 is 0 Å². The fourth-order valence-corrected chi connectivity index (χ4v) is 5.10. The fraction of sp³-hybridized carbons (Fsp3) is 0.0526. The van der Waals surface area contributed by atoms with Gasteiger partial charge in [0, 0.05) is 11.7 Å². The molecule has 0 heterocycles. The summed E-state index contributed by atoms with van der Waals surface area (Å²) in [5.74, 6) is 1.20. The third-order valence-corrected chi connectivity index (χ3v) is 6.81. The Labute approximate surface area is 152 Å². The van der Waals surface area contributed by atoms with Gasteiger partial charge in [-0.2, -0.15) is 0 Å². The van der Waals surface area contributed by atoms with E-state index in [-0.39, 0.29) is 0 Å². The van der Waals surface area contributed by atoms with Crippen LogP contribution in [-0.2, 0) is 0 Å². The zero-order valence-corrected chi connectivity index (χ0v) is 15.6. The van der Waals surface area contributed by atoms with Gasteiger partial charge in [-0.05, 0) is 24.3 Å². The Hall–Kier alpha value is -1.94. The first-order chi connectivity index (χ1) is 11.6. The lowest BCUT2D eigenvalue weighted by Crippen LogP contribution is -2.56. The molecular weight excluding hydrogens is 359 g/mol. The van der Waals surface area contributed by atoms with Crippen molar-refractivity contribution >= 4 is 36.9 Å². The van der Waals surface area contributed by atoms with Crippen LogP contribution in [0, 0.1) is 0 Å². The highest BCUT2D eigenvalue weighted by atomic mass is 35.5. The molecule has 0 atom stereocenters. The Bertz CT molecular complexity index is 777. The molecule has 5 heteroatoms. The predicted molar refractivity (Wildman–Crippen MR) is 102 cm³/mol. The molecule has 0 aliphatic heterocycles. The SMILES string of the molecule is C[Si](Oc1ccccc1Cl)(Oc1ccccc1Cl)c1ccccc1. The summed E-state index contributed by atoms with van der Waals surface area (Å²) in [5, 5.41) is 2.09. The number of hydrogen-bond acceptors (Lipinski definition) is 2. The minimum absolute atomic E-state index is 0.551. The molecule has 3 rings (SSSR count). The fourth-order valence-electron chi connectivity index (χ4n) is 2.35. The van der Waals surface area contributed by atoms with E-state index in [2.05, 4.69) is 0 Å². The summed E-state index contributed by atoms with van der Waals surface area (Å²) in [7, 11) is -2.84. The van der Waals surface area contributed by atoms with Crippen LogP contribution in [0.25, 0.3) is 0 Å². The standard InChI is InChI=1S/C19H16Cl2O2Si/c1-24(15-9-3-2-4-10-15,22-18-13-7-5-11-16(18)20)23-19-14-8-6-12-17(19)21/h2-14H,1H3. The molecule has 0 spiro atoms. The van der Waals surface area contributed by atoms with Crippen LogP contribution < -0.4 is 14.0 Å². The summed E-state index contributed by atoms with van der Waals surface area (Å²) in [6.45, 7) is 1.98. The average Bonchev–Trinajstić information content (AvgIpc) is 2.60. The molecule has 0 fully saturated rings. The van der Waals surface area contributed by atoms with Crippen LogP contribution >= 0.6 is 23.2 Å². The van der Waals surface area contributed by atoms with Gasteiger partial charge in [-0.1, -0.05) is 77.8 Å². The summed E-state index contributed by atoms with van der Waals surface area (Å²) in [6.07, 6.45) is 0. The second kappa shape index (κ2) is 7.30. The molecule has 2 nitrogen and oxygen atoms in total. The van der Waals surface area contributed by atoms with Crippen molar-refractivity contribution in [1.29, 1.82) is 0 Å². The molecule has 0 radical (unpaired) electrons. The first-order valence-corrected chi connectivity index (χ1v) is 10.6. The van der Waals surface area contributed by atoms with Gasteiger partial charge in [0.15, 0.2) is 0 Å². The summed E-state index contributed by atoms with van der Waals surface area (Å²) in [6, 6.07) is 24.7. The molecule has 3 aromatic rings. The average molecular weight is 375 g/mol. The van der Waals surface area contributed by atoms with Crippen molar-refractivity contribution in [2.24, 2.45) is 0 Å². The predicted octanol–water partition coefficient (Wildman–Crippen LogP) is 5.43. The van der Waals surface area contributed by atoms with Gasteiger partial charge in [-0.25, -0.2) is 0 Å². The van der Waals surface area contributed by atoms with Gasteiger partial charge < -0.3 is 8.85 Å². The van der Waals surface area contributed by atoms with Gasteiger partial charge in [0.2, 0.25) is 0 Å². The van der Waals surface area contributed by atoms with Crippen molar-refractivity contribution in [3.05, 3.63) is 88.9 Å². The van der Waals surface area contributed by atoms with Crippen LogP contribution in [0.4, 0.5) is 0 Å². The summed E-state index contributed by atoms with van der Waals surface area (Å²) < 4.78 is 12.6. The largest absolute Gasteiger partial charge is 0.508 e. The van der Waals surface area contributed by atoms with Gasteiger partial charge in [0.25, 0.3) is 0 Å². The van der Waals surface area contributed by atoms with E-state index in [4.69, 9.17) is 32.1 Å². The van der Waals surface area contributed by atoms with Crippen LogP contribution in [0.15, 0.2) is 78.9 Å². The highest BCUT2D eigenvalue weighted by Gasteiger charge is 2.40. The topological polar surface area (TPSA) is 18.5 Å². The molecule has 0 aliphatic carbocycles. The third-order valence-electron chi connectivity index (χ3n) is 3.58. The lowest BCUT2D eigenvalue weighted by Gasteiger charge is -2.29. The van der Waals surface area contributed by atoms with Gasteiger partial charge in [-0.15, -0.1) is 0 Å². The van der Waals surface area contributed by atoms with E-state index in [0.717, 1.165) is 5.19 Å². The molecule has 0 amide bonds. The van der Waals surface area contributed by atoms with Gasteiger partial charge >= 0.3 is 8.56 Å². The lowest BCUT2D eigenvalue weighted by atomic mass is 10.3. The quantitative estimate of drug-likeness (QED) is 0.554. The number of benzene rings is 3. The van der Waals surface area contributed by atoms with Crippen molar-refractivity contribution in [2.75, 3.05) is 0 Å². The van der Waals surface area contributed by atoms with E-state index in [1.54, 1.807) is 12.1 Å². The number of hydrogen-bond donors (Lipinski definition) is 0. The molecule has 0 saturated carbocycles. The summed E-state index contributed by atoms with van der Waals surface area (Å²) in [5.41, 5.74) is 0. The lowest BCUT2D eigenvalue weighted by molar-refractivity contribution is 0.409. The Balaban J connectivity index is 2.01. The van der Waals surface area contributed by atoms with Crippen molar-refractivity contribution in [2.45, 2.75) is 6.55 Å². The molecule has 0 saturated heterocycles. The minimum atomic E-state index is -2.84. The number of para-hydroxylation sites is 2. The van der Waals surface area contributed by atoms with Crippen LogP contribution in [0.3, 0.4) is 0 Å². The van der Waals surface area contributed by atoms with Crippen molar-refractivity contribution in [3.63, 3.8) is 0 Å². The van der Waals surface area contributed by atoms with E-state index in [0.29, 0.717) is 21.5 Å². The molecule has 0 N–H and O–H groups in total. The zero-order valence-electron chi connectivity index (χ0n) is 13.1. The Morgan fingerprint density at radius 2 is 1.04 bits per heavy atom. The van der Waals surface area contributed by atoms with Crippen LogP contribution in [0.2, 0.25) is 16.6 Å². The molecule has 0 aromatic heterocycles. The van der Waals surface area contributed by atoms with E-state index < -0.39 is 8.56 Å². The number of halogens is 2. The van der Waals surface area contributed by atoms with E-state index in [1.807, 2.05) is 73.3 Å². The van der Waals surface area contributed by atoms with Gasteiger partial charge in [0.05, 0.1) is 10.0 Å². The maximum Gasteiger partial charge on any atom is 0.492 e. The molecule has 0 unspecified atom stereocenters. The highest BCUT2D eigenvalue weighted by Crippen LogP contribution is 2.30. The first-order valence-electron chi connectivity index (χ1n) is 7.51. The normalized spacial score (nSPS) is 11.1. The van der Waals surface area contributed by atoms with Gasteiger partial charge in [-0.3, -0.25) is 0 Å². The maximum absolute atomic E-state index is 6.30.